The first-order valence-corrected chi connectivity index (χ1v) is 6.89. The molecule has 2 heteroatoms. The Kier molecular flexibility index (Phi) is 8.04. The highest BCUT2D eigenvalue weighted by molar-refractivity contribution is 4.78. The van der Waals surface area contributed by atoms with Gasteiger partial charge in [0.25, 0.3) is 0 Å². The molecule has 0 aromatic heterocycles. The van der Waals surface area contributed by atoms with Crippen molar-refractivity contribution in [3.63, 3.8) is 0 Å². The van der Waals surface area contributed by atoms with Crippen molar-refractivity contribution in [1.82, 2.24) is 9.80 Å². The minimum atomic E-state index is 0.682. The molecule has 2 nitrogen and oxygen atoms in total. The lowest BCUT2D eigenvalue weighted by Gasteiger charge is -2.37. The van der Waals surface area contributed by atoms with Crippen LogP contribution in [-0.2, 0) is 0 Å². The van der Waals surface area contributed by atoms with Gasteiger partial charge >= 0.3 is 0 Å². The van der Waals surface area contributed by atoms with E-state index in [0.717, 1.165) is 11.8 Å². The molecule has 98 valence electrons. The number of rotatable bonds is 3. The van der Waals surface area contributed by atoms with Gasteiger partial charge in [-0.2, -0.15) is 0 Å². The Bertz CT molecular complexity index is 168. The number of nitrogens with zero attached hydrogens (tertiary/aromatic N) is 2. The summed E-state index contributed by atoms with van der Waals surface area (Å²) in [5.74, 6) is 1.76. The van der Waals surface area contributed by atoms with Gasteiger partial charge in [-0.1, -0.05) is 20.8 Å². The smallest absolute Gasteiger partial charge is 0.00356 e. The Hall–Kier alpha value is -0.0800. The molecular weight excluding hydrogens is 196 g/mol. The van der Waals surface area contributed by atoms with E-state index in [9.17, 15) is 0 Å². The maximum Gasteiger partial charge on any atom is 0.00356 e. The highest BCUT2D eigenvalue weighted by Crippen LogP contribution is 2.23. The van der Waals surface area contributed by atoms with E-state index in [2.05, 4.69) is 44.7 Å². The Labute approximate surface area is 103 Å². The van der Waals surface area contributed by atoms with Crippen molar-refractivity contribution in [2.75, 3.05) is 33.7 Å². The zero-order chi connectivity index (χ0) is 12.7. The van der Waals surface area contributed by atoms with E-state index in [0.29, 0.717) is 6.04 Å². The molecule has 1 heterocycles. The molecule has 0 N–H and O–H groups in total. The molecule has 0 radical (unpaired) electrons. The maximum atomic E-state index is 2.48. The van der Waals surface area contributed by atoms with Crippen LogP contribution in [0.5, 0.6) is 0 Å². The van der Waals surface area contributed by atoms with Crippen molar-refractivity contribution in [3.8, 4) is 0 Å². The van der Waals surface area contributed by atoms with Crippen LogP contribution in [0.4, 0.5) is 0 Å². The lowest BCUT2D eigenvalue weighted by atomic mass is 9.86. The van der Waals surface area contributed by atoms with Crippen LogP contribution in [0.3, 0.4) is 0 Å². The topological polar surface area (TPSA) is 6.48 Å². The summed E-state index contributed by atoms with van der Waals surface area (Å²) in [5.41, 5.74) is 0. The molecule has 0 aromatic rings. The average molecular weight is 228 g/mol. The van der Waals surface area contributed by atoms with E-state index in [4.69, 9.17) is 0 Å². The summed E-state index contributed by atoms with van der Waals surface area (Å²) in [6.07, 6.45) is 1.37. The number of likely N-dealkylation sites (tertiary alicyclic amines) is 1. The molecule has 2 unspecified atom stereocenters. The SMILES string of the molecule is CC.CC1CN(C)CCC1CN(C)C(C)C. The standard InChI is InChI=1S/C12H26N2.C2H6/c1-10(2)14(5)9-12-6-7-13(4)8-11(12)3;1-2/h10-12H,6-9H2,1-5H3;1-2H3. The fraction of sp³-hybridized carbons (Fsp3) is 1.00. The maximum absolute atomic E-state index is 2.48. The molecule has 1 saturated heterocycles. The molecule has 0 aliphatic carbocycles. The van der Waals surface area contributed by atoms with Crippen LogP contribution in [0.2, 0.25) is 0 Å². The minimum absolute atomic E-state index is 0.682. The molecule has 1 aliphatic rings. The molecule has 0 saturated carbocycles. The highest BCUT2D eigenvalue weighted by Gasteiger charge is 2.25. The van der Waals surface area contributed by atoms with Gasteiger partial charge in [0.2, 0.25) is 0 Å². The van der Waals surface area contributed by atoms with Gasteiger partial charge in [-0.05, 0) is 52.7 Å². The molecule has 1 aliphatic heterocycles. The lowest BCUT2D eigenvalue weighted by Crippen LogP contribution is -2.42. The third kappa shape index (κ3) is 5.31. The second-order valence-corrected chi connectivity index (χ2v) is 5.32. The highest BCUT2D eigenvalue weighted by atomic mass is 15.1. The van der Waals surface area contributed by atoms with E-state index in [1.807, 2.05) is 13.8 Å². The molecular formula is C14H32N2. The quantitative estimate of drug-likeness (QED) is 0.733. The number of hydrogen-bond donors (Lipinski definition) is 0. The number of piperidine rings is 1. The van der Waals surface area contributed by atoms with Crippen LogP contribution in [0.1, 0.15) is 41.0 Å². The predicted molar refractivity (Wildman–Crippen MR) is 73.9 cm³/mol. The van der Waals surface area contributed by atoms with Crippen LogP contribution in [-0.4, -0.2) is 49.6 Å². The fourth-order valence-corrected chi connectivity index (χ4v) is 2.25. The second kappa shape index (κ2) is 8.08. The summed E-state index contributed by atoms with van der Waals surface area (Å²) in [6.45, 7) is 14.8. The van der Waals surface area contributed by atoms with E-state index >= 15 is 0 Å². The van der Waals surface area contributed by atoms with Crippen molar-refractivity contribution in [2.24, 2.45) is 11.8 Å². The third-order valence-electron chi connectivity index (χ3n) is 3.69. The van der Waals surface area contributed by atoms with Gasteiger partial charge in [0.15, 0.2) is 0 Å². The summed E-state index contributed by atoms with van der Waals surface area (Å²) in [4.78, 5) is 4.93. The molecule has 1 fully saturated rings. The normalized spacial score (nSPS) is 26.8. The summed E-state index contributed by atoms with van der Waals surface area (Å²) in [5, 5.41) is 0. The molecule has 0 aromatic carbocycles. The fourth-order valence-electron chi connectivity index (χ4n) is 2.25. The average Bonchev–Trinajstić information content (AvgIpc) is 2.25. The molecule has 0 bridgehead atoms. The van der Waals surface area contributed by atoms with E-state index < -0.39 is 0 Å². The van der Waals surface area contributed by atoms with Gasteiger partial charge in [0, 0.05) is 19.1 Å². The summed E-state index contributed by atoms with van der Waals surface area (Å²) in [6, 6.07) is 0.682. The Morgan fingerprint density at radius 3 is 2.31 bits per heavy atom. The molecule has 0 spiro atoms. The summed E-state index contributed by atoms with van der Waals surface area (Å²) in [7, 11) is 4.48. The first-order chi connectivity index (χ1) is 7.50. The monoisotopic (exact) mass is 228 g/mol. The third-order valence-corrected chi connectivity index (χ3v) is 3.69. The summed E-state index contributed by atoms with van der Waals surface area (Å²) < 4.78 is 0. The lowest BCUT2D eigenvalue weighted by molar-refractivity contribution is 0.112. The van der Waals surface area contributed by atoms with Gasteiger partial charge < -0.3 is 9.80 Å². The Morgan fingerprint density at radius 2 is 1.88 bits per heavy atom. The van der Waals surface area contributed by atoms with Crippen molar-refractivity contribution >= 4 is 0 Å². The zero-order valence-corrected chi connectivity index (χ0v) is 12.5. The predicted octanol–water partition coefficient (Wildman–Crippen LogP) is 2.94. The molecule has 1 rings (SSSR count). The van der Waals surface area contributed by atoms with E-state index in [-0.39, 0.29) is 0 Å². The van der Waals surface area contributed by atoms with Gasteiger partial charge in [-0.3, -0.25) is 0 Å². The number of hydrogen-bond acceptors (Lipinski definition) is 2. The van der Waals surface area contributed by atoms with Gasteiger partial charge in [-0.25, -0.2) is 0 Å². The Morgan fingerprint density at radius 1 is 1.31 bits per heavy atom. The van der Waals surface area contributed by atoms with E-state index in [1.165, 1.54) is 26.1 Å². The van der Waals surface area contributed by atoms with Crippen LogP contribution in [0.15, 0.2) is 0 Å². The molecule has 16 heavy (non-hydrogen) atoms. The summed E-state index contributed by atoms with van der Waals surface area (Å²) >= 11 is 0. The van der Waals surface area contributed by atoms with Gasteiger partial charge in [-0.15, -0.1) is 0 Å². The van der Waals surface area contributed by atoms with Crippen molar-refractivity contribution in [3.05, 3.63) is 0 Å². The van der Waals surface area contributed by atoms with Crippen LogP contribution < -0.4 is 0 Å². The van der Waals surface area contributed by atoms with Gasteiger partial charge in [0.1, 0.15) is 0 Å². The van der Waals surface area contributed by atoms with Crippen molar-refractivity contribution in [2.45, 2.75) is 47.1 Å². The van der Waals surface area contributed by atoms with Crippen molar-refractivity contribution < 1.29 is 0 Å². The molecule has 2 atom stereocenters. The Balaban J connectivity index is 0.00000106. The second-order valence-electron chi connectivity index (χ2n) is 5.32. The van der Waals surface area contributed by atoms with Crippen LogP contribution >= 0.6 is 0 Å². The minimum Gasteiger partial charge on any atom is -0.306 e. The van der Waals surface area contributed by atoms with Gasteiger partial charge in [0.05, 0.1) is 0 Å². The largest absolute Gasteiger partial charge is 0.306 e. The van der Waals surface area contributed by atoms with Crippen molar-refractivity contribution in [1.29, 1.82) is 0 Å². The van der Waals surface area contributed by atoms with E-state index in [1.54, 1.807) is 0 Å². The first kappa shape index (κ1) is 15.9. The molecule has 0 amide bonds. The van der Waals surface area contributed by atoms with Crippen LogP contribution in [0, 0.1) is 11.8 Å². The van der Waals surface area contributed by atoms with Crippen LogP contribution in [0.25, 0.3) is 0 Å². The zero-order valence-electron chi connectivity index (χ0n) is 12.5. The first-order valence-electron chi connectivity index (χ1n) is 6.89.